The fourth-order valence-electron chi connectivity index (χ4n) is 2.09. The Labute approximate surface area is 133 Å². The van der Waals surface area contributed by atoms with E-state index in [2.05, 4.69) is 20.6 Å². The number of hydrogen-bond acceptors (Lipinski definition) is 4. The van der Waals surface area contributed by atoms with Gasteiger partial charge in [-0.05, 0) is 35.4 Å². The molecule has 2 amide bonds. The Morgan fingerprint density at radius 2 is 1.83 bits per heavy atom. The van der Waals surface area contributed by atoms with Gasteiger partial charge in [-0.3, -0.25) is 9.97 Å². The standard InChI is InChI=1S/C17H16N4O2/c22-17(20-10-13-3-1-5-18-8-13)21-11-14-7-15(12-19-9-14)16-4-2-6-23-16/h1-9,12H,10-11H2,(H2,20,21,22). The summed E-state index contributed by atoms with van der Waals surface area (Å²) in [7, 11) is 0. The van der Waals surface area contributed by atoms with Crippen molar-refractivity contribution in [3.63, 3.8) is 0 Å². The Morgan fingerprint density at radius 3 is 2.57 bits per heavy atom. The van der Waals surface area contributed by atoms with Crippen LogP contribution in [0.2, 0.25) is 0 Å². The minimum Gasteiger partial charge on any atom is -0.464 e. The van der Waals surface area contributed by atoms with Crippen molar-refractivity contribution in [3.05, 3.63) is 72.5 Å². The van der Waals surface area contributed by atoms with E-state index in [0.29, 0.717) is 13.1 Å². The Hall–Kier alpha value is -3.15. The highest BCUT2D eigenvalue weighted by molar-refractivity contribution is 5.73. The quantitative estimate of drug-likeness (QED) is 0.759. The highest BCUT2D eigenvalue weighted by atomic mass is 16.3. The van der Waals surface area contributed by atoms with E-state index in [9.17, 15) is 4.79 Å². The molecule has 0 radical (unpaired) electrons. The fraction of sp³-hybridized carbons (Fsp3) is 0.118. The molecule has 0 aromatic carbocycles. The van der Waals surface area contributed by atoms with Crippen molar-refractivity contribution in [2.45, 2.75) is 13.1 Å². The lowest BCUT2D eigenvalue weighted by molar-refractivity contribution is 0.240. The van der Waals surface area contributed by atoms with Crippen LogP contribution in [0.15, 0.2) is 65.8 Å². The third-order valence-electron chi connectivity index (χ3n) is 3.23. The Morgan fingerprint density at radius 1 is 1.00 bits per heavy atom. The summed E-state index contributed by atoms with van der Waals surface area (Å²) in [6.45, 7) is 0.824. The van der Waals surface area contributed by atoms with Crippen LogP contribution in [0.25, 0.3) is 11.3 Å². The maximum Gasteiger partial charge on any atom is 0.315 e. The zero-order chi connectivity index (χ0) is 15.9. The first-order valence-electron chi connectivity index (χ1n) is 7.20. The number of pyridine rings is 2. The van der Waals surface area contributed by atoms with Gasteiger partial charge in [-0.15, -0.1) is 0 Å². The monoisotopic (exact) mass is 308 g/mol. The number of aromatic nitrogens is 2. The number of urea groups is 1. The summed E-state index contributed by atoms with van der Waals surface area (Å²) in [6, 6.07) is 9.14. The molecule has 0 aliphatic carbocycles. The smallest absolute Gasteiger partial charge is 0.315 e. The highest BCUT2D eigenvalue weighted by Gasteiger charge is 2.04. The number of hydrogen-bond donors (Lipinski definition) is 2. The summed E-state index contributed by atoms with van der Waals surface area (Å²) in [6.07, 6.45) is 8.48. The van der Waals surface area contributed by atoms with E-state index in [-0.39, 0.29) is 6.03 Å². The largest absolute Gasteiger partial charge is 0.464 e. The molecule has 0 spiro atoms. The van der Waals surface area contributed by atoms with Crippen molar-refractivity contribution in [1.29, 1.82) is 0 Å². The summed E-state index contributed by atoms with van der Waals surface area (Å²) in [5.41, 5.74) is 2.73. The van der Waals surface area contributed by atoms with E-state index >= 15 is 0 Å². The third kappa shape index (κ3) is 4.16. The zero-order valence-electron chi connectivity index (χ0n) is 12.4. The molecule has 0 atom stereocenters. The van der Waals surface area contributed by atoms with Crippen molar-refractivity contribution in [3.8, 4) is 11.3 Å². The SMILES string of the molecule is O=C(NCc1cccnc1)NCc1cncc(-c2ccco2)c1. The Balaban J connectivity index is 1.52. The third-order valence-corrected chi connectivity index (χ3v) is 3.23. The van der Waals surface area contributed by atoms with Gasteiger partial charge in [-0.2, -0.15) is 0 Å². The second-order valence-electron chi connectivity index (χ2n) is 4.96. The summed E-state index contributed by atoms with van der Waals surface area (Å²) in [5, 5.41) is 5.58. The van der Waals surface area contributed by atoms with Crippen molar-refractivity contribution in [2.24, 2.45) is 0 Å². The van der Waals surface area contributed by atoms with Crippen LogP contribution in [0.5, 0.6) is 0 Å². The highest BCUT2D eigenvalue weighted by Crippen LogP contribution is 2.19. The van der Waals surface area contributed by atoms with Gasteiger partial charge in [0.05, 0.1) is 6.26 Å². The number of nitrogens with one attached hydrogen (secondary N) is 2. The predicted octanol–water partition coefficient (Wildman–Crippen LogP) is 2.74. The van der Waals surface area contributed by atoms with Gasteiger partial charge in [-0.1, -0.05) is 6.07 Å². The second-order valence-corrected chi connectivity index (χ2v) is 4.96. The molecule has 6 heteroatoms. The first-order chi connectivity index (χ1) is 11.3. The molecule has 0 aliphatic rings. The molecule has 116 valence electrons. The van der Waals surface area contributed by atoms with Crippen LogP contribution in [0.3, 0.4) is 0 Å². The number of nitrogens with zero attached hydrogens (tertiary/aromatic N) is 2. The molecular formula is C17H16N4O2. The molecule has 0 bridgehead atoms. The first-order valence-corrected chi connectivity index (χ1v) is 7.20. The van der Waals surface area contributed by atoms with Crippen LogP contribution in [0.1, 0.15) is 11.1 Å². The van der Waals surface area contributed by atoms with Gasteiger partial charge in [0.2, 0.25) is 0 Å². The Kier molecular flexibility index (Phi) is 4.63. The fourth-order valence-corrected chi connectivity index (χ4v) is 2.09. The molecule has 0 aliphatic heterocycles. The van der Waals surface area contributed by atoms with Gasteiger partial charge >= 0.3 is 6.03 Å². The molecular weight excluding hydrogens is 292 g/mol. The minimum absolute atomic E-state index is 0.239. The molecule has 3 heterocycles. The maximum atomic E-state index is 11.8. The molecule has 0 saturated heterocycles. The molecule has 3 aromatic rings. The number of rotatable bonds is 5. The van der Waals surface area contributed by atoms with Crippen molar-refractivity contribution < 1.29 is 9.21 Å². The number of carbonyl (C=O) groups is 1. The average molecular weight is 308 g/mol. The van der Waals surface area contributed by atoms with E-state index in [1.54, 1.807) is 31.1 Å². The molecule has 6 nitrogen and oxygen atoms in total. The van der Waals surface area contributed by atoms with Crippen LogP contribution in [0, 0.1) is 0 Å². The van der Waals surface area contributed by atoms with E-state index in [1.165, 1.54) is 0 Å². The summed E-state index contributed by atoms with van der Waals surface area (Å²) in [5.74, 6) is 0.750. The first kappa shape index (κ1) is 14.8. The lowest BCUT2D eigenvalue weighted by atomic mass is 10.1. The van der Waals surface area contributed by atoms with Crippen LogP contribution in [0.4, 0.5) is 4.79 Å². The van der Waals surface area contributed by atoms with Crippen molar-refractivity contribution >= 4 is 6.03 Å². The van der Waals surface area contributed by atoms with E-state index < -0.39 is 0 Å². The van der Waals surface area contributed by atoms with Crippen LogP contribution >= 0.6 is 0 Å². The topological polar surface area (TPSA) is 80.0 Å². The van der Waals surface area contributed by atoms with E-state index in [0.717, 1.165) is 22.5 Å². The maximum absolute atomic E-state index is 11.8. The molecule has 3 rings (SSSR count). The normalized spacial score (nSPS) is 10.3. The van der Waals surface area contributed by atoms with Gasteiger partial charge in [0.25, 0.3) is 0 Å². The summed E-state index contributed by atoms with van der Waals surface area (Å²) in [4.78, 5) is 20.0. The summed E-state index contributed by atoms with van der Waals surface area (Å²) >= 11 is 0. The van der Waals surface area contributed by atoms with Crippen molar-refractivity contribution in [2.75, 3.05) is 0 Å². The van der Waals surface area contributed by atoms with E-state index in [4.69, 9.17) is 4.42 Å². The van der Waals surface area contributed by atoms with Gasteiger partial charge in [0, 0.05) is 43.4 Å². The molecule has 0 unspecified atom stereocenters. The average Bonchev–Trinajstić information content (AvgIpc) is 3.14. The van der Waals surface area contributed by atoms with Gasteiger partial charge in [-0.25, -0.2) is 4.79 Å². The second kappa shape index (κ2) is 7.22. The minimum atomic E-state index is -0.239. The summed E-state index contributed by atoms with van der Waals surface area (Å²) < 4.78 is 5.34. The van der Waals surface area contributed by atoms with E-state index in [1.807, 2.05) is 30.3 Å². The van der Waals surface area contributed by atoms with Gasteiger partial charge in [0.1, 0.15) is 5.76 Å². The zero-order valence-corrected chi connectivity index (χ0v) is 12.4. The molecule has 0 fully saturated rings. The molecule has 23 heavy (non-hydrogen) atoms. The lowest BCUT2D eigenvalue weighted by Crippen LogP contribution is -2.34. The Bertz CT molecular complexity index is 757. The molecule has 3 aromatic heterocycles. The van der Waals surface area contributed by atoms with Crippen LogP contribution in [-0.2, 0) is 13.1 Å². The van der Waals surface area contributed by atoms with Gasteiger partial charge < -0.3 is 15.1 Å². The number of furan rings is 1. The van der Waals surface area contributed by atoms with Crippen LogP contribution in [-0.4, -0.2) is 16.0 Å². The molecule has 0 saturated carbocycles. The van der Waals surface area contributed by atoms with Crippen LogP contribution < -0.4 is 10.6 Å². The molecule has 2 N–H and O–H groups in total. The van der Waals surface area contributed by atoms with Crippen molar-refractivity contribution in [1.82, 2.24) is 20.6 Å². The number of amides is 2. The van der Waals surface area contributed by atoms with Gasteiger partial charge in [0.15, 0.2) is 0 Å². The predicted molar refractivity (Wildman–Crippen MR) is 85.3 cm³/mol. The number of carbonyl (C=O) groups excluding carboxylic acids is 1. The lowest BCUT2D eigenvalue weighted by Gasteiger charge is -2.08.